The van der Waals surface area contributed by atoms with Crippen molar-refractivity contribution in [3.05, 3.63) is 0 Å². The molecule has 3 atom stereocenters. The van der Waals surface area contributed by atoms with Gasteiger partial charge in [-0.15, -0.1) is 0 Å². The van der Waals surface area contributed by atoms with E-state index in [0.717, 1.165) is 23.7 Å². The van der Waals surface area contributed by atoms with Crippen molar-refractivity contribution in [3.8, 4) is 0 Å². The van der Waals surface area contributed by atoms with Crippen LogP contribution in [-0.2, 0) is 0 Å². The molecule has 1 heterocycles. The van der Waals surface area contributed by atoms with Gasteiger partial charge in [0.2, 0.25) is 0 Å². The molecule has 0 aromatic heterocycles. The third kappa shape index (κ3) is 1.46. The molecule has 2 nitrogen and oxygen atoms in total. The van der Waals surface area contributed by atoms with Crippen LogP contribution in [0.2, 0.25) is 0 Å². The highest BCUT2D eigenvalue weighted by Gasteiger charge is 2.57. The molecule has 2 heteroatoms. The van der Waals surface area contributed by atoms with E-state index >= 15 is 0 Å². The van der Waals surface area contributed by atoms with Crippen LogP contribution in [0.15, 0.2) is 0 Å². The van der Waals surface area contributed by atoms with Crippen molar-refractivity contribution in [2.45, 2.75) is 44.6 Å². The number of hydrogen-bond donors (Lipinski definition) is 1. The van der Waals surface area contributed by atoms with E-state index in [0.29, 0.717) is 5.54 Å². The SMILES string of the molecule is CC1C2CC3CC(C2)CC1(N1CCNCC1)C3. The second-order valence-corrected chi connectivity index (χ2v) is 7.24. The molecule has 0 spiro atoms. The maximum absolute atomic E-state index is 3.52. The number of rotatable bonds is 1. The van der Waals surface area contributed by atoms with Crippen LogP contribution in [0, 0.1) is 23.7 Å². The topological polar surface area (TPSA) is 15.3 Å². The van der Waals surface area contributed by atoms with Crippen LogP contribution >= 0.6 is 0 Å². The predicted molar refractivity (Wildman–Crippen MR) is 69.9 cm³/mol. The molecule has 0 amide bonds. The second kappa shape index (κ2) is 3.71. The lowest BCUT2D eigenvalue weighted by atomic mass is 9.48. The lowest BCUT2D eigenvalue weighted by Gasteiger charge is -2.64. The van der Waals surface area contributed by atoms with Gasteiger partial charge in [-0.05, 0) is 55.8 Å². The smallest absolute Gasteiger partial charge is 0.0244 e. The van der Waals surface area contributed by atoms with Gasteiger partial charge in [-0.25, -0.2) is 0 Å². The summed E-state index contributed by atoms with van der Waals surface area (Å²) in [5.41, 5.74) is 0.622. The van der Waals surface area contributed by atoms with E-state index in [1.54, 1.807) is 19.3 Å². The highest BCUT2D eigenvalue weighted by atomic mass is 15.3. The van der Waals surface area contributed by atoms with Gasteiger partial charge in [-0.2, -0.15) is 0 Å². The first-order valence-electron chi connectivity index (χ1n) is 7.74. The van der Waals surface area contributed by atoms with E-state index in [1.165, 1.54) is 39.0 Å². The molecule has 5 aliphatic rings. The third-order valence-corrected chi connectivity index (χ3v) is 6.52. The summed E-state index contributed by atoms with van der Waals surface area (Å²) in [5, 5.41) is 3.52. The highest BCUT2D eigenvalue weighted by molar-refractivity contribution is 5.11. The van der Waals surface area contributed by atoms with Crippen LogP contribution in [0.25, 0.3) is 0 Å². The van der Waals surface area contributed by atoms with Crippen LogP contribution < -0.4 is 5.32 Å². The molecule has 4 bridgehead atoms. The summed E-state index contributed by atoms with van der Waals surface area (Å²) < 4.78 is 0. The molecule has 17 heavy (non-hydrogen) atoms. The molecular formula is C15H26N2. The summed E-state index contributed by atoms with van der Waals surface area (Å²) in [7, 11) is 0. The Morgan fingerprint density at radius 1 is 1.00 bits per heavy atom. The minimum absolute atomic E-state index is 0.622. The maximum Gasteiger partial charge on any atom is 0.0244 e. The van der Waals surface area contributed by atoms with Gasteiger partial charge in [0.25, 0.3) is 0 Å². The first-order chi connectivity index (χ1) is 8.28. The third-order valence-electron chi connectivity index (χ3n) is 6.52. The maximum atomic E-state index is 3.52. The zero-order valence-electron chi connectivity index (χ0n) is 11.1. The highest BCUT2D eigenvalue weighted by Crippen LogP contribution is 2.60. The van der Waals surface area contributed by atoms with E-state index in [9.17, 15) is 0 Å². The van der Waals surface area contributed by atoms with Gasteiger partial charge in [0, 0.05) is 31.7 Å². The minimum Gasteiger partial charge on any atom is -0.314 e. The van der Waals surface area contributed by atoms with Gasteiger partial charge in [0.15, 0.2) is 0 Å². The number of piperazine rings is 1. The zero-order valence-corrected chi connectivity index (χ0v) is 11.1. The van der Waals surface area contributed by atoms with E-state index in [4.69, 9.17) is 0 Å². The van der Waals surface area contributed by atoms with Crippen molar-refractivity contribution in [2.75, 3.05) is 26.2 Å². The average Bonchev–Trinajstić information content (AvgIpc) is 2.36. The van der Waals surface area contributed by atoms with Crippen LogP contribution in [-0.4, -0.2) is 36.6 Å². The van der Waals surface area contributed by atoms with Crippen molar-refractivity contribution in [1.82, 2.24) is 10.2 Å². The van der Waals surface area contributed by atoms with Crippen LogP contribution in [0.5, 0.6) is 0 Å². The summed E-state index contributed by atoms with van der Waals surface area (Å²) in [6.45, 7) is 7.61. The molecule has 5 fully saturated rings. The van der Waals surface area contributed by atoms with Crippen molar-refractivity contribution in [3.63, 3.8) is 0 Å². The van der Waals surface area contributed by atoms with Gasteiger partial charge >= 0.3 is 0 Å². The van der Waals surface area contributed by atoms with Crippen LogP contribution in [0.3, 0.4) is 0 Å². The molecule has 1 saturated heterocycles. The summed E-state index contributed by atoms with van der Waals surface area (Å²) in [6, 6.07) is 0. The summed E-state index contributed by atoms with van der Waals surface area (Å²) in [5.74, 6) is 4.20. The minimum atomic E-state index is 0.622. The Labute approximate surface area is 105 Å². The fourth-order valence-electron chi connectivity index (χ4n) is 5.91. The first-order valence-corrected chi connectivity index (χ1v) is 7.74. The van der Waals surface area contributed by atoms with Crippen molar-refractivity contribution in [2.24, 2.45) is 23.7 Å². The first kappa shape index (κ1) is 10.8. The van der Waals surface area contributed by atoms with Crippen molar-refractivity contribution >= 4 is 0 Å². The van der Waals surface area contributed by atoms with Crippen LogP contribution in [0.4, 0.5) is 0 Å². The van der Waals surface area contributed by atoms with Gasteiger partial charge in [-0.3, -0.25) is 4.90 Å². The Balaban J connectivity index is 1.66. The van der Waals surface area contributed by atoms with E-state index in [2.05, 4.69) is 17.1 Å². The van der Waals surface area contributed by atoms with Gasteiger partial charge in [-0.1, -0.05) is 6.92 Å². The van der Waals surface area contributed by atoms with Crippen molar-refractivity contribution in [1.29, 1.82) is 0 Å². The van der Waals surface area contributed by atoms with Crippen molar-refractivity contribution < 1.29 is 0 Å². The largest absolute Gasteiger partial charge is 0.314 e. The monoisotopic (exact) mass is 234 g/mol. The predicted octanol–water partition coefficient (Wildman–Crippen LogP) is 2.11. The number of nitrogens with one attached hydrogen (secondary N) is 1. The van der Waals surface area contributed by atoms with Gasteiger partial charge < -0.3 is 5.32 Å². The van der Waals surface area contributed by atoms with E-state index in [-0.39, 0.29) is 0 Å². The number of hydrogen-bond acceptors (Lipinski definition) is 2. The van der Waals surface area contributed by atoms with E-state index < -0.39 is 0 Å². The molecular weight excluding hydrogens is 208 g/mol. The Bertz CT molecular complexity index is 294. The quantitative estimate of drug-likeness (QED) is 0.747. The summed E-state index contributed by atoms with van der Waals surface area (Å²) in [4.78, 5) is 2.89. The molecule has 1 N–H and O–H groups in total. The fraction of sp³-hybridized carbons (Fsp3) is 1.00. The Kier molecular flexibility index (Phi) is 2.36. The molecule has 0 aromatic rings. The molecule has 0 aromatic carbocycles. The van der Waals surface area contributed by atoms with Crippen LogP contribution in [0.1, 0.15) is 39.0 Å². The Hall–Kier alpha value is -0.0800. The number of nitrogens with zero attached hydrogens (tertiary/aromatic N) is 1. The molecule has 4 saturated carbocycles. The fourth-order valence-corrected chi connectivity index (χ4v) is 5.91. The van der Waals surface area contributed by atoms with E-state index in [1.807, 2.05) is 0 Å². The molecule has 96 valence electrons. The Morgan fingerprint density at radius 3 is 2.29 bits per heavy atom. The molecule has 3 unspecified atom stereocenters. The average molecular weight is 234 g/mol. The standard InChI is InChI=1S/C15H26N2/c1-11-14-7-12-6-13(8-14)10-15(11,9-12)17-4-2-16-3-5-17/h11-14,16H,2-10H2,1H3. The molecule has 0 radical (unpaired) electrons. The summed E-state index contributed by atoms with van der Waals surface area (Å²) >= 11 is 0. The molecule has 5 rings (SSSR count). The summed E-state index contributed by atoms with van der Waals surface area (Å²) in [6.07, 6.45) is 7.75. The lowest BCUT2D eigenvalue weighted by molar-refractivity contribution is -0.132. The molecule has 1 aliphatic heterocycles. The van der Waals surface area contributed by atoms with Gasteiger partial charge in [0.1, 0.15) is 0 Å². The second-order valence-electron chi connectivity index (χ2n) is 7.24. The van der Waals surface area contributed by atoms with Gasteiger partial charge in [0.05, 0.1) is 0 Å². The zero-order chi connectivity index (χ0) is 11.5. The normalized spacial score (nSPS) is 54.2. The Morgan fingerprint density at radius 2 is 1.65 bits per heavy atom. The molecule has 4 aliphatic carbocycles. The lowest BCUT2D eigenvalue weighted by Crippen LogP contribution is -2.67.